The zero-order valence-electron chi connectivity index (χ0n) is 21.4. The van der Waals surface area contributed by atoms with Gasteiger partial charge in [0, 0.05) is 41.4 Å². The van der Waals surface area contributed by atoms with E-state index in [1.807, 2.05) is 13.0 Å². The van der Waals surface area contributed by atoms with Gasteiger partial charge in [-0.25, -0.2) is 14.2 Å². The second kappa shape index (κ2) is 11.7. The normalized spacial score (nSPS) is 17.1. The number of benzodiazepines with no additional fused rings is 1. The maximum absolute atomic E-state index is 15.0. The number of urea groups is 1. The van der Waals surface area contributed by atoms with Gasteiger partial charge in [-0.3, -0.25) is 14.5 Å². The second-order valence-electron chi connectivity index (χ2n) is 9.26. The standard InChI is InChI=1S/C29H28FN5O3S/c1-19-7-6-8-20(17-19)31-29(38)33-27-28(37)35(18-25(36)34-13-15-39-16-14-34)24-12-5-3-10-22(24)26(32-27)21-9-2-4-11-23(21)30/h2-12,17,27H,13-16,18H2,1H3,(H2,31,33,38). The Kier molecular flexibility index (Phi) is 7.92. The molecule has 1 atom stereocenters. The van der Waals surface area contributed by atoms with Crippen molar-refractivity contribution in [2.45, 2.75) is 13.1 Å². The van der Waals surface area contributed by atoms with Gasteiger partial charge < -0.3 is 15.5 Å². The summed E-state index contributed by atoms with van der Waals surface area (Å²) in [5, 5.41) is 5.36. The maximum atomic E-state index is 15.0. The Hall–Kier alpha value is -4.18. The molecule has 1 fully saturated rings. The number of thioether (sulfide) groups is 1. The van der Waals surface area contributed by atoms with Gasteiger partial charge in [0.1, 0.15) is 12.4 Å². The highest BCUT2D eigenvalue weighted by molar-refractivity contribution is 7.99. The van der Waals surface area contributed by atoms with Gasteiger partial charge in [0.15, 0.2) is 0 Å². The summed E-state index contributed by atoms with van der Waals surface area (Å²) in [7, 11) is 0. The molecular formula is C29H28FN5O3S. The zero-order chi connectivity index (χ0) is 27.4. The molecule has 39 heavy (non-hydrogen) atoms. The van der Waals surface area contributed by atoms with Gasteiger partial charge in [-0.2, -0.15) is 11.8 Å². The fourth-order valence-corrected chi connectivity index (χ4v) is 5.52. The van der Waals surface area contributed by atoms with Crippen molar-refractivity contribution < 1.29 is 18.8 Å². The van der Waals surface area contributed by atoms with Crippen molar-refractivity contribution in [1.82, 2.24) is 10.2 Å². The molecular weight excluding hydrogens is 517 g/mol. The van der Waals surface area contributed by atoms with E-state index in [4.69, 9.17) is 0 Å². The number of nitrogens with one attached hydrogen (secondary N) is 2. The van der Waals surface area contributed by atoms with E-state index >= 15 is 4.39 Å². The van der Waals surface area contributed by atoms with E-state index in [1.54, 1.807) is 77.3 Å². The van der Waals surface area contributed by atoms with Crippen molar-refractivity contribution in [3.8, 4) is 0 Å². The van der Waals surface area contributed by atoms with E-state index in [0.717, 1.165) is 17.1 Å². The largest absolute Gasteiger partial charge is 0.339 e. The number of rotatable bonds is 5. The minimum absolute atomic E-state index is 0.185. The van der Waals surface area contributed by atoms with Gasteiger partial charge in [-0.15, -0.1) is 0 Å². The van der Waals surface area contributed by atoms with Crippen LogP contribution in [0.4, 0.5) is 20.6 Å². The molecule has 0 aromatic heterocycles. The van der Waals surface area contributed by atoms with E-state index in [2.05, 4.69) is 15.6 Å². The van der Waals surface area contributed by atoms with Crippen LogP contribution in [0.1, 0.15) is 16.7 Å². The first-order valence-electron chi connectivity index (χ1n) is 12.6. The van der Waals surface area contributed by atoms with Crippen molar-refractivity contribution in [2.75, 3.05) is 41.4 Å². The topological polar surface area (TPSA) is 94.1 Å². The molecule has 3 aromatic carbocycles. The highest BCUT2D eigenvalue weighted by Gasteiger charge is 2.35. The number of anilines is 2. The van der Waals surface area contributed by atoms with Crippen LogP contribution < -0.4 is 15.5 Å². The van der Waals surface area contributed by atoms with E-state index in [1.165, 1.54) is 11.0 Å². The number of fused-ring (bicyclic) bond motifs is 1. The summed E-state index contributed by atoms with van der Waals surface area (Å²) < 4.78 is 15.0. The van der Waals surface area contributed by atoms with E-state index in [9.17, 15) is 14.4 Å². The molecule has 0 bridgehead atoms. The van der Waals surface area contributed by atoms with Crippen LogP contribution in [0.15, 0.2) is 77.8 Å². The fourth-order valence-electron chi connectivity index (χ4n) is 4.62. The molecule has 0 radical (unpaired) electrons. The number of aryl methyl sites for hydroxylation is 1. The minimum atomic E-state index is -1.40. The van der Waals surface area contributed by atoms with Crippen LogP contribution in [0, 0.1) is 12.7 Å². The molecule has 3 aromatic rings. The van der Waals surface area contributed by atoms with Gasteiger partial charge in [-0.05, 0) is 42.8 Å². The molecule has 0 saturated carbocycles. The number of carbonyl (C=O) groups excluding carboxylic acids is 3. The summed E-state index contributed by atoms with van der Waals surface area (Å²) in [4.78, 5) is 47.9. The number of nitrogens with zero attached hydrogens (tertiary/aromatic N) is 3. The Bertz CT molecular complexity index is 1440. The Morgan fingerprint density at radius 1 is 1.00 bits per heavy atom. The SMILES string of the molecule is Cc1cccc(NC(=O)NC2N=C(c3ccccc3F)c3ccccc3N(CC(=O)N3CCSCC3)C2=O)c1. The lowest BCUT2D eigenvalue weighted by Gasteiger charge is -2.30. The number of para-hydroxylation sites is 1. The molecule has 2 N–H and O–H groups in total. The minimum Gasteiger partial charge on any atom is -0.339 e. The number of hydrogen-bond donors (Lipinski definition) is 2. The Balaban J connectivity index is 1.53. The Morgan fingerprint density at radius 3 is 2.46 bits per heavy atom. The van der Waals surface area contributed by atoms with E-state index in [-0.39, 0.29) is 23.7 Å². The fraction of sp³-hybridized carbons (Fsp3) is 0.241. The molecule has 0 aliphatic carbocycles. The number of hydrogen-bond acceptors (Lipinski definition) is 5. The number of halogens is 1. The lowest BCUT2D eigenvalue weighted by molar-refractivity contribution is -0.131. The monoisotopic (exact) mass is 545 g/mol. The first kappa shape index (κ1) is 26.4. The third kappa shape index (κ3) is 5.96. The third-order valence-electron chi connectivity index (χ3n) is 6.54. The summed E-state index contributed by atoms with van der Waals surface area (Å²) in [5.74, 6) is 0.362. The molecule has 200 valence electrons. The molecule has 0 spiro atoms. The van der Waals surface area contributed by atoms with Gasteiger partial charge in [-0.1, -0.05) is 42.5 Å². The van der Waals surface area contributed by atoms with Crippen molar-refractivity contribution >= 4 is 46.7 Å². The summed E-state index contributed by atoms with van der Waals surface area (Å²) in [6.07, 6.45) is -1.40. The molecule has 8 nitrogen and oxygen atoms in total. The van der Waals surface area contributed by atoms with Crippen LogP contribution in [0.5, 0.6) is 0 Å². The first-order chi connectivity index (χ1) is 18.9. The van der Waals surface area contributed by atoms with Gasteiger partial charge in [0.2, 0.25) is 12.1 Å². The lowest BCUT2D eigenvalue weighted by atomic mass is 9.99. The quantitative estimate of drug-likeness (QED) is 0.506. The van der Waals surface area contributed by atoms with Crippen molar-refractivity contribution in [2.24, 2.45) is 4.99 Å². The number of carbonyl (C=O) groups is 3. The number of benzene rings is 3. The van der Waals surface area contributed by atoms with Gasteiger partial charge in [0.25, 0.3) is 5.91 Å². The predicted octanol–water partition coefficient (Wildman–Crippen LogP) is 4.04. The molecule has 1 saturated heterocycles. The zero-order valence-corrected chi connectivity index (χ0v) is 22.2. The van der Waals surface area contributed by atoms with Gasteiger partial charge >= 0.3 is 6.03 Å². The molecule has 5 rings (SSSR count). The van der Waals surface area contributed by atoms with Crippen LogP contribution in [0.3, 0.4) is 0 Å². The highest BCUT2D eigenvalue weighted by atomic mass is 32.2. The average Bonchev–Trinajstić information content (AvgIpc) is 3.04. The number of amides is 4. The van der Waals surface area contributed by atoms with Crippen molar-refractivity contribution in [3.05, 3.63) is 95.3 Å². The number of aliphatic imine (C=N–C) groups is 1. The lowest BCUT2D eigenvalue weighted by Crippen LogP contribution is -2.52. The van der Waals surface area contributed by atoms with Crippen LogP contribution in [-0.4, -0.2) is 65.8 Å². The van der Waals surface area contributed by atoms with Crippen LogP contribution in [0.25, 0.3) is 0 Å². The Morgan fingerprint density at radius 2 is 1.72 bits per heavy atom. The molecule has 4 amide bonds. The van der Waals surface area contributed by atoms with E-state index in [0.29, 0.717) is 30.0 Å². The first-order valence-corrected chi connectivity index (χ1v) is 13.8. The highest BCUT2D eigenvalue weighted by Crippen LogP contribution is 2.29. The van der Waals surface area contributed by atoms with Crippen LogP contribution in [0.2, 0.25) is 0 Å². The van der Waals surface area contributed by atoms with E-state index < -0.39 is 23.9 Å². The summed E-state index contributed by atoms with van der Waals surface area (Å²) in [5.41, 5.74) is 2.81. The molecule has 2 aliphatic heterocycles. The maximum Gasteiger partial charge on any atom is 0.321 e. The molecule has 2 aliphatic rings. The second-order valence-corrected chi connectivity index (χ2v) is 10.5. The van der Waals surface area contributed by atoms with Crippen molar-refractivity contribution in [1.29, 1.82) is 0 Å². The predicted molar refractivity (Wildman–Crippen MR) is 152 cm³/mol. The summed E-state index contributed by atoms with van der Waals surface area (Å²) in [6.45, 7) is 2.88. The smallest absolute Gasteiger partial charge is 0.321 e. The van der Waals surface area contributed by atoms with Crippen LogP contribution >= 0.6 is 11.8 Å². The molecule has 2 heterocycles. The Labute approximate surface area is 230 Å². The summed E-state index contributed by atoms with van der Waals surface area (Å²) >= 11 is 1.78. The average molecular weight is 546 g/mol. The third-order valence-corrected chi connectivity index (χ3v) is 7.48. The summed E-state index contributed by atoms with van der Waals surface area (Å²) in [6, 6.07) is 19.7. The molecule has 1 unspecified atom stereocenters. The van der Waals surface area contributed by atoms with Crippen molar-refractivity contribution in [3.63, 3.8) is 0 Å². The molecule has 10 heteroatoms. The van der Waals surface area contributed by atoms with Gasteiger partial charge in [0.05, 0.1) is 11.4 Å². The van der Waals surface area contributed by atoms with Crippen LogP contribution in [-0.2, 0) is 9.59 Å².